The maximum Gasteiger partial charge on any atom is 0.385 e. The fraction of sp³-hybridized carbons (Fsp3) is 0.909. The molecule has 4 nitrogen and oxygen atoms in total. The van der Waals surface area contributed by atoms with Crippen LogP contribution < -0.4 is 0 Å². The third kappa shape index (κ3) is 14.5. The van der Waals surface area contributed by atoms with Crippen LogP contribution in [-0.4, -0.2) is 42.9 Å². The summed E-state index contributed by atoms with van der Waals surface area (Å²) in [4.78, 5) is 10.2. The van der Waals surface area contributed by atoms with E-state index >= 15 is 0 Å². The minimum Gasteiger partial charge on any atom is -0.320 e. The van der Waals surface area contributed by atoms with E-state index in [0.29, 0.717) is 17.5 Å². The molecule has 27 heavy (non-hydrogen) atoms. The van der Waals surface area contributed by atoms with Crippen LogP contribution in [0.25, 0.3) is 0 Å². The second-order valence-corrected chi connectivity index (χ2v) is 10.6. The van der Waals surface area contributed by atoms with Gasteiger partial charge in [0, 0.05) is 6.42 Å². The van der Waals surface area contributed by atoms with Gasteiger partial charge in [-0.1, -0.05) is 70.9 Å². The van der Waals surface area contributed by atoms with Crippen molar-refractivity contribution in [1.82, 2.24) is 0 Å². The van der Waals surface area contributed by atoms with E-state index in [1.807, 2.05) is 28.1 Å². The number of allylic oxidation sites excluding steroid dienone is 2. The van der Waals surface area contributed by atoms with Gasteiger partial charge in [0.05, 0.1) is 27.7 Å². The van der Waals surface area contributed by atoms with E-state index in [4.69, 9.17) is 4.52 Å². The Kier molecular flexibility index (Phi) is 15.6. The summed E-state index contributed by atoms with van der Waals surface area (Å²) in [6.07, 6.45) is 20.1. The lowest BCUT2D eigenvalue weighted by Gasteiger charge is -2.35. The Morgan fingerprint density at radius 1 is 0.852 bits per heavy atom. The summed E-state index contributed by atoms with van der Waals surface area (Å²) in [5, 5.41) is 0. The summed E-state index contributed by atoms with van der Waals surface area (Å²) < 4.78 is 18.3. The molecule has 0 aromatic heterocycles. The number of rotatable bonds is 18. The van der Waals surface area contributed by atoms with Crippen molar-refractivity contribution in [2.45, 2.75) is 103 Å². The van der Waals surface area contributed by atoms with E-state index in [0.717, 1.165) is 25.7 Å². The highest BCUT2D eigenvalue weighted by Crippen LogP contribution is 2.51. The lowest BCUT2D eigenvalue weighted by Crippen LogP contribution is -2.44. The van der Waals surface area contributed by atoms with Crippen LogP contribution in [0.2, 0.25) is 0 Å². The number of unbranched alkanes of at least 4 members (excludes halogenated alkanes) is 10. The van der Waals surface area contributed by atoms with Gasteiger partial charge < -0.3 is 13.9 Å². The summed E-state index contributed by atoms with van der Waals surface area (Å²) in [5.41, 5.74) is 0. The van der Waals surface area contributed by atoms with Gasteiger partial charge in [0.15, 0.2) is 5.78 Å². The predicted molar refractivity (Wildman–Crippen MR) is 118 cm³/mol. The van der Waals surface area contributed by atoms with Gasteiger partial charge in [-0.05, 0) is 32.1 Å². The average Bonchev–Trinajstić information content (AvgIpc) is 2.57. The largest absolute Gasteiger partial charge is 0.385 e. The molecule has 0 amide bonds. The van der Waals surface area contributed by atoms with Gasteiger partial charge in [0.1, 0.15) is 0 Å². The molecule has 0 aromatic rings. The fourth-order valence-electron chi connectivity index (χ4n) is 3.49. The van der Waals surface area contributed by atoms with Crippen LogP contribution in [0, 0.1) is 0 Å². The van der Waals surface area contributed by atoms with Gasteiger partial charge >= 0.3 is 7.60 Å². The quantitative estimate of drug-likeness (QED) is 0.117. The van der Waals surface area contributed by atoms with Gasteiger partial charge in [-0.3, -0.25) is 4.57 Å². The number of nitrogens with zero attached hydrogens (tertiary/aromatic N) is 1. The van der Waals surface area contributed by atoms with Crippen LogP contribution in [0.15, 0.2) is 12.2 Å². The van der Waals surface area contributed by atoms with Crippen LogP contribution in [0.1, 0.15) is 97.3 Å². The van der Waals surface area contributed by atoms with Crippen molar-refractivity contribution in [3.63, 3.8) is 0 Å². The van der Waals surface area contributed by atoms with Crippen LogP contribution >= 0.6 is 7.60 Å². The molecule has 2 unspecified atom stereocenters. The molecule has 1 N–H and O–H groups in total. The molecule has 0 saturated carbocycles. The Bertz CT molecular complexity index is 418. The SMILES string of the molecule is CCCCCCCCC/C=C\CCCCCOP(=O)(O)C(CC)[N+](C)(C)C. The number of hydrogen-bond donors (Lipinski definition) is 1. The molecule has 0 spiro atoms. The molecule has 0 bridgehead atoms. The molecule has 0 aliphatic carbocycles. The second kappa shape index (κ2) is 15.7. The van der Waals surface area contributed by atoms with Crippen LogP contribution in [0.5, 0.6) is 0 Å². The Labute approximate surface area is 169 Å². The minimum atomic E-state index is -3.55. The molecule has 2 atom stereocenters. The first-order valence-electron chi connectivity index (χ1n) is 11.2. The van der Waals surface area contributed by atoms with Crippen molar-refractivity contribution in [2.75, 3.05) is 27.7 Å². The predicted octanol–water partition coefficient (Wildman–Crippen LogP) is 6.89. The van der Waals surface area contributed by atoms with E-state index < -0.39 is 7.60 Å². The molecule has 0 fully saturated rings. The maximum atomic E-state index is 12.4. The molecule has 0 heterocycles. The van der Waals surface area contributed by atoms with Crippen molar-refractivity contribution in [3.05, 3.63) is 12.2 Å². The van der Waals surface area contributed by atoms with Gasteiger partial charge in [0.25, 0.3) is 0 Å². The number of hydrogen-bond acceptors (Lipinski definition) is 2. The van der Waals surface area contributed by atoms with Crippen molar-refractivity contribution in [1.29, 1.82) is 0 Å². The van der Waals surface area contributed by atoms with Crippen molar-refractivity contribution in [3.8, 4) is 0 Å². The van der Waals surface area contributed by atoms with E-state index in [1.54, 1.807) is 0 Å². The zero-order chi connectivity index (χ0) is 20.6. The third-order valence-corrected chi connectivity index (χ3v) is 7.43. The smallest absolute Gasteiger partial charge is 0.320 e. The molecule has 162 valence electrons. The number of quaternary nitrogens is 1. The zero-order valence-electron chi connectivity index (χ0n) is 18.8. The van der Waals surface area contributed by atoms with Gasteiger partial charge in [-0.2, -0.15) is 0 Å². The van der Waals surface area contributed by atoms with Gasteiger partial charge in [-0.15, -0.1) is 0 Å². The zero-order valence-corrected chi connectivity index (χ0v) is 19.7. The van der Waals surface area contributed by atoms with E-state index in [1.165, 1.54) is 51.4 Å². The Morgan fingerprint density at radius 3 is 1.81 bits per heavy atom. The summed E-state index contributed by atoms with van der Waals surface area (Å²) in [6.45, 7) is 4.59. The minimum absolute atomic E-state index is 0.355. The lowest BCUT2D eigenvalue weighted by molar-refractivity contribution is -0.883. The van der Waals surface area contributed by atoms with E-state index in [2.05, 4.69) is 19.1 Å². The second-order valence-electron chi connectivity index (χ2n) is 8.63. The van der Waals surface area contributed by atoms with E-state index in [9.17, 15) is 9.46 Å². The molecule has 0 saturated heterocycles. The van der Waals surface area contributed by atoms with Crippen molar-refractivity contribution >= 4 is 7.60 Å². The van der Waals surface area contributed by atoms with Crippen molar-refractivity contribution < 1.29 is 18.5 Å². The fourth-order valence-corrected chi connectivity index (χ4v) is 5.39. The first kappa shape index (κ1) is 26.9. The third-order valence-electron chi connectivity index (χ3n) is 5.07. The molecular formula is C22H47NO3P+. The molecular weight excluding hydrogens is 357 g/mol. The summed E-state index contributed by atoms with van der Waals surface area (Å²) in [6, 6.07) is 0. The molecule has 5 heteroatoms. The van der Waals surface area contributed by atoms with Crippen LogP contribution in [-0.2, 0) is 9.09 Å². The lowest BCUT2D eigenvalue weighted by atomic mass is 10.1. The van der Waals surface area contributed by atoms with Crippen molar-refractivity contribution in [2.24, 2.45) is 0 Å². The molecule has 0 aliphatic rings. The van der Waals surface area contributed by atoms with Crippen LogP contribution in [0.4, 0.5) is 0 Å². The first-order valence-corrected chi connectivity index (χ1v) is 12.8. The Morgan fingerprint density at radius 2 is 1.33 bits per heavy atom. The highest BCUT2D eigenvalue weighted by atomic mass is 31.2. The molecule has 0 aromatic carbocycles. The normalized spacial score (nSPS) is 15.9. The molecule has 0 rings (SSSR count). The highest BCUT2D eigenvalue weighted by molar-refractivity contribution is 7.53. The topological polar surface area (TPSA) is 46.5 Å². The van der Waals surface area contributed by atoms with Crippen LogP contribution in [0.3, 0.4) is 0 Å². The molecule has 0 aliphatic heterocycles. The average molecular weight is 405 g/mol. The Balaban J connectivity index is 3.62. The summed E-state index contributed by atoms with van der Waals surface area (Å²) in [5.74, 6) is -0.355. The first-order chi connectivity index (χ1) is 12.8. The maximum absolute atomic E-state index is 12.4. The van der Waals surface area contributed by atoms with Gasteiger partial charge in [-0.25, -0.2) is 0 Å². The molecule has 0 radical (unpaired) electrons. The monoisotopic (exact) mass is 404 g/mol. The standard InChI is InChI=1S/C22H46NO3P/c1-6-8-9-10-11-12-13-14-15-16-17-18-19-20-21-26-27(24,25)22(7-2)23(3,4)5/h15-16,22H,6-14,17-21H2,1-5H3/p+1/b16-15-. The van der Waals surface area contributed by atoms with Gasteiger partial charge in [0.2, 0.25) is 0 Å². The Hall–Kier alpha value is -0.150. The summed E-state index contributed by atoms with van der Waals surface area (Å²) >= 11 is 0. The summed E-state index contributed by atoms with van der Waals surface area (Å²) in [7, 11) is 2.28. The highest BCUT2D eigenvalue weighted by Gasteiger charge is 2.41. The van der Waals surface area contributed by atoms with E-state index in [-0.39, 0.29) is 5.78 Å².